The number of carboxylic acids is 1. The summed E-state index contributed by atoms with van der Waals surface area (Å²) in [6.07, 6.45) is 3.80. The van der Waals surface area contributed by atoms with Crippen molar-refractivity contribution in [2.75, 3.05) is 0 Å². The standard InChI is InChI=1S/C11H13N3O2/c1-8(11(15)16)12-6-9-7-14-5-3-2-4-10(14)13-9/h2-5,7-8,12H,6H2,1H3,(H,15,16)/t8-/m1/s1. The summed E-state index contributed by atoms with van der Waals surface area (Å²) in [5.74, 6) is -0.858. The van der Waals surface area contributed by atoms with Crippen LogP contribution in [0.15, 0.2) is 30.6 Å². The molecule has 0 saturated carbocycles. The first-order chi connectivity index (χ1) is 7.66. The van der Waals surface area contributed by atoms with Gasteiger partial charge in [-0.15, -0.1) is 0 Å². The van der Waals surface area contributed by atoms with Crippen molar-refractivity contribution in [2.45, 2.75) is 19.5 Å². The van der Waals surface area contributed by atoms with E-state index in [1.165, 1.54) is 0 Å². The smallest absolute Gasteiger partial charge is 0.320 e. The number of pyridine rings is 1. The summed E-state index contributed by atoms with van der Waals surface area (Å²) in [7, 11) is 0. The van der Waals surface area contributed by atoms with Crippen LogP contribution < -0.4 is 5.32 Å². The third-order valence-electron chi connectivity index (χ3n) is 2.37. The molecule has 5 heteroatoms. The Morgan fingerprint density at radius 1 is 1.62 bits per heavy atom. The van der Waals surface area contributed by atoms with E-state index >= 15 is 0 Å². The van der Waals surface area contributed by atoms with Gasteiger partial charge in [0.25, 0.3) is 0 Å². The second-order valence-electron chi connectivity index (χ2n) is 3.64. The van der Waals surface area contributed by atoms with Gasteiger partial charge < -0.3 is 9.51 Å². The zero-order valence-electron chi connectivity index (χ0n) is 8.92. The molecular formula is C11H13N3O2. The molecule has 0 amide bonds. The number of nitrogens with zero attached hydrogens (tertiary/aromatic N) is 2. The quantitative estimate of drug-likeness (QED) is 0.801. The topological polar surface area (TPSA) is 66.6 Å². The maximum Gasteiger partial charge on any atom is 0.320 e. The number of carboxylic acid groups (broad SMARTS) is 1. The van der Waals surface area contributed by atoms with E-state index in [2.05, 4.69) is 10.3 Å². The van der Waals surface area contributed by atoms with Crippen LogP contribution in [0.1, 0.15) is 12.6 Å². The van der Waals surface area contributed by atoms with Crippen LogP contribution in [0.3, 0.4) is 0 Å². The lowest BCUT2D eigenvalue weighted by molar-refractivity contribution is -0.139. The fourth-order valence-electron chi connectivity index (χ4n) is 1.42. The van der Waals surface area contributed by atoms with Gasteiger partial charge in [-0.3, -0.25) is 10.1 Å². The van der Waals surface area contributed by atoms with E-state index in [1.807, 2.05) is 35.0 Å². The number of fused-ring (bicyclic) bond motifs is 1. The summed E-state index contributed by atoms with van der Waals surface area (Å²) in [6, 6.07) is 5.18. The minimum absolute atomic E-state index is 0.454. The Morgan fingerprint density at radius 3 is 3.12 bits per heavy atom. The third-order valence-corrected chi connectivity index (χ3v) is 2.37. The monoisotopic (exact) mass is 219 g/mol. The van der Waals surface area contributed by atoms with Crippen LogP contribution in [0.25, 0.3) is 5.65 Å². The van der Waals surface area contributed by atoms with E-state index in [4.69, 9.17) is 5.11 Å². The lowest BCUT2D eigenvalue weighted by Gasteiger charge is -2.06. The van der Waals surface area contributed by atoms with E-state index in [-0.39, 0.29) is 0 Å². The molecule has 2 rings (SSSR count). The largest absolute Gasteiger partial charge is 0.480 e. The molecule has 2 aromatic heterocycles. The Kier molecular flexibility index (Phi) is 2.87. The molecule has 84 valence electrons. The number of rotatable bonds is 4. The highest BCUT2D eigenvalue weighted by atomic mass is 16.4. The van der Waals surface area contributed by atoms with Crippen molar-refractivity contribution in [1.29, 1.82) is 0 Å². The summed E-state index contributed by atoms with van der Waals surface area (Å²) in [5, 5.41) is 11.6. The number of nitrogens with one attached hydrogen (secondary N) is 1. The predicted molar refractivity (Wildman–Crippen MR) is 59.1 cm³/mol. The fourth-order valence-corrected chi connectivity index (χ4v) is 1.42. The van der Waals surface area contributed by atoms with E-state index in [0.717, 1.165) is 11.3 Å². The van der Waals surface area contributed by atoms with Gasteiger partial charge in [0, 0.05) is 18.9 Å². The Labute approximate surface area is 92.7 Å². The number of hydrogen-bond donors (Lipinski definition) is 2. The van der Waals surface area contributed by atoms with E-state index in [1.54, 1.807) is 6.92 Å². The van der Waals surface area contributed by atoms with Crippen LogP contribution in [-0.4, -0.2) is 26.5 Å². The molecule has 0 aliphatic rings. The first-order valence-electron chi connectivity index (χ1n) is 5.05. The molecule has 0 bridgehead atoms. The number of aromatic nitrogens is 2. The Hall–Kier alpha value is -1.88. The molecule has 0 aromatic carbocycles. The van der Waals surface area contributed by atoms with Gasteiger partial charge in [-0.05, 0) is 19.1 Å². The maximum atomic E-state index is 10.6. The van der Waals surface area contributed by atoms with Crippen molar-refractivity contribution in [3.63, 3.8) is 0 Å². The number of aliphatic carboxylic acids is 1. The average Bonchev–Trinajstić information content (AvgIpc) is 2.68. The van der Waals surface area contributed by atoms with Crippen molar-refractivity contribution in [2.24, 2.45) is 0 Å². The van der Waals surface area contributed by atoms with Gasteiger partial charge >= 0.3 is 5.97 Å². The molecule has 0 aliphatic heterocycles. The highest BCUT2D eigenvalue weighted by Gasteiger charge is 2.10. The molecule has 16 heavy (non-hydrogen) atoms. The summed E-state index contributed by atoms with van der Waals surface area (Å²) in [5.41, 5.74) is 1.70. The molecule has 2 aromatic rings. The van der Waals surface area contributed by atoms with Crippen LogP contribution in [0, 0.1) is 0 Å². The van der Waals surface area contributed by atoms with Crippen molar-refractivity contribution < 1.29 is 9.90 Å². The van der Waals surface area contributed by atoms with Gasteiger partial charge in [0.1, 0.15) is 11.7 Å². The highest BCUT2D eigenvalue weighted by molar-refractivity contribution is 5.72. The SMILES string of the molecule is C[C@@H](NCc1cn2ccccc2n1)C(=O)O. The van der Waals surface area contributed by atoms with Crippen molar-refractivity contribution in [3.8, 4) is 0 Å². The molecule has 0 aliphatic carbocycles. The first-order valence-corrected chi connectivity index (χ1v) is 5.05. The van der Waals surface area contributed by atoms with Gasteiger partial charge in [-0.1, -0.05) is 6.07 Å². The van der Waals surface area contributed by atoms with Crippen molar-refractivity contribution in [1.82, 2.24) is 14.7 Å². The minimum atomic E-state index is -0.858. The Bertz CT molecular complexity index is 474. The molecule has 5 nitrogen and oxygen atoms in total. The molecule has 0 saturated heterocycles. The van der Waals surface area contributed by atoms with E-state index in [9.17, 15) is 4.79 Å². The molecule has 0 fully saturated rings. The van der Waals surface area contributed by atoms with Crippen LogP contribution in [0.2, 0.25) is 0 Å². The fraction of sp³-hybridized carbons (Fsp3) is 0.273. The van der Waals surface area contributed by atoms with Crippen molar-refractivity contribution >= 4 is 11.6 Å². The highest BCUT2D eigenvalue weighted by Crippen LogP contribution is 2.04. The van der Waals surface area contributed by atoms with Gasteiger partial charge in [0.2, 0.25) is 0 Å². The molecule has 0 unspecified atom stereocenters. The normalized spacial score (nSPS) is 12.8. The van der Waals surface area contributed by atoms with Crippen molar-refractivity contribution in [3.05, 3.63) is 36.3 Å². The lowest BCUT2D eigenvalue weighted by atomic mass is 10.3. The Balaban J connectivity index is 2.07. The van der Waals surface area contributed by atoms with E-state index < -0.39 is 12.0 Å². The summed E-state index contributed by atoms with van der Waals surface area (Å²) >= 11 is 0. The first kappa shape index (κ1) is 10.6. The zero-order valence-corrected chi connectivity index (χ0v) is 8.92. The predicted octanol–water partition coefficient (Wildman–Crippen LogP) is 0.897. The number of imidazole rings is 1. The minimum Gasteiger partial charge on any atom is -0.480 e. The van der Waals surface area contributed by atoms with Gasteiger partial charge in [-0.25, -0.2) is 4.98 Å². The third kappa shape index (κ3) is 2.20. The van der Waals surface area contributed by atoms with Gasteiger partial charge in [0.15, 0.2) is 0 Å². The van der Waals surface area contributed by atoms with Gasteiger partial charge in [-0.2, -0.15) is 0 Å². The molecule has 2 N–H and O–H groups in total. The van der Waals surface area contributed by atoms with Gasteiger partial charge in [0.05, 0.1) is 5.69 Å². The molecule has 0 radical (unpaired) electrons. The zero-order chi connectivity index (χ0) is 11.5. The summed E-state index contributed by atoms with van der Waals surface area (Å²) in [4.78, 5) is 15.0. The lowest BCUT2D eigenvalue weighted by Crippen LogP contribution is -2.33. The molecule has 1 atom stereocenters. The summed E-state index contributed by atoms with van der Waals surface area (Å²) in [6.45, 7) is 2.06. The van der Waals surface area contributed by atoms with E-state index in [0.29, 0.717) is 6.54 Å². The van der Waals surface area contributed by atoms with Crippen LogP contribution in [0.4, 0.5) is 0 Å². The average molecular weight is 219 g/mol. The molecular weight excluding hydrogens is 206 g/mol. The Morgan fingerprint density at radius 2 is 2.44 bits per heavy atom. The second-order valence-corrected chi connectivity index (χ2v) is 3.64. The van der Waals surface area contributed by atoms with Crippen LogP contribution in [0.5, 0.6) is 0 Å². The van der Waals surface area contributed by atoms with Crippen LogP contribution in [-0.2, 0) is 11.3 Å². The second kappa shape index (κ2) is 4.32. The molecule has 2 heterocycles. The van der Waals surface area contributed by atoms with Crippen LogP contribution >= 0.6 is 0 Å². The number of hydrogen-bond acceptors (Lipinski definition) is 3. The molecule has 0 spiro atoms. The number of carbonyl (C=O) groups is 1. The maximum absolute atomic E-state index is 10.6. The summed E-state index contributed by atoms with van der Waals surface area (Å²) < 4.78 is 1.91.